The van der Waals surface area contributed by atoms with Crippen molar-refractivity contribution in [1.82, 2.24) is 29.9 Å². The molecule has 0 aliphatic heterocycles. The van der Waals surface area contributed by atoms with Crippen LogP contribution in [-0.4, -0.2) is 35.1 Å². The van der Waals surface area contributed by atoms with Crippen molar-refractivity contribution in [1.29, 1.82) is 0 Å². The lowest BCUT2D eigenvalue weighted by molar-refractivity contribution is -0.0427. The average molecular weight is 373 g/mol. The molecule has 0 amide bonds. The smallest absolute Gasteiger partial charge is 0.222 e. The standard InChI is InChI=1S/C20H19N7O/c21-19-23-16(13-6-2-1-3-7-13)17-18(24-19)27(26-25-17)12-14-8-4-9-15(22-14)20(28)10-5-11-20/h1-4,6-9,28H,5,10-12H2,(H2,21,23,24). The molecule has 140 valence electrons. The number of anilines is 1. The topological polar surface area (TPSA) is 116 Å². The van der Waals surface area contributed by atoms with E-state index >= 15 is 0 Å². The zero-order valence-electron chi connectivity index (χ0n) is 15.2. The molecule has 0 unspecified atom stereocenters. The lowest BCUT2D eigenvalue weighted by Gasteiger charge is -2.36. The molecule has 8 nitrogen and oxygen atoms in total. The Hall–Kier alpha value is -3.39. The van der Waals surface area contributed by atoms with Gasteiger partial charge in [0, 0.05) is 5.56 Å². The predicted molar refractivity (Wildman–Crippen MR) is 104 cm³/mol. The highest BCUT2D eigenvalue weighted by Crippen LogP contribution is 2.40. The van der Waals surface area contributed by atoms with Crippen molar-refractivity contribution in [3.63, 3.8) is 0 Å². The Balaban J connectivity index is 1.54. The third-order valence-electron chi connectivity index (χ3n) is 5.20. The SMILES string of the molecule is Nc1nc(-c2ccccc2)c2nnn(Cc3cccc(C4(O)CCC4)n3)c2n1. The molecule has 1 aliphatic rings. The molecule has 1 aliphatic carbocycles. The van der Waals surface area contributed by atoms with Crippen LogP contribution in [0.4, 0.5) is 5.95 Å². The number of fused-ring (bicyclic) bond motifs is 1. The number of aromatic nitrogens is 6. The van der Waals surface area contributed by atoms with Crippen molar-refractivity contribution in [2.24, 2.45) is 0 Å². The fourth-order valence-electron chi connectivity index (χ4n) is 3.52. The molecule has 0 atom stereocenters. The van der Waals surface area contributed by atoms with Gasteiger partial charge in [-0.2, -0.15) is 4.98 Å². The van der Waals surface area contributed by atoms with Gasteiger partial charge in [0.15, 0.2) is 11.2 Å². The highest BCUT2D eigenvalue weighted by atomic mass is 16.3. The maximum absolute atomic E-state index is 10.6. The van der Waals surface area contributed by atoms with Crippen molar-refractivity contribution in [3.8, 4) is 11.3 Å². The molecule has 28 heavy (non-hydrogen) atoms. The number of nitrogens with two attached hydrogens (primary N) is 1. The van der Waals surface area contributed by atoms with E-state index in [4.69, 9.17) is 5.73 Å². The Morgan fingerprint density at radius 1 is 1.00 bits per heavy atom. The van der Waals surface area contributed by atoms with Gasteiger partial charge in [-0.3, -0.25) is 4.98 Å². The first-order valence-electron chi connectivity index (χ1n) is 9.23. The van der Waals surface area contributed by atoms with Gasteiger partial charge in [-0.05, 0) is 31.4 Å². The molecule has 4 aromatic rings. The summed E-state index contributed by atoms with van der Waals surface area (Å²) in [5, 5.41) is 19.1. The Labute approximate surface area is 161 Å². The summed E-state index contributed by atoms with van der Waals surface area (Å²) >= 11 is 0. The number of hydrogen-bond donors (Lipinski definition) is 2. The van der Waals surface area contributed by atoms with Gasteiger partial charge in [-0.1, -0.05) is 41.6 Å². The molecule has 3 heterocycles. The lowest BCUT2D eigenvalue weighted by Crippen LogP contribution is -2.34. The van der Waals surface area contributed by atoms with Crippen LogP contribution in [0.25, 0.3) is 22.4 Å². The summed E-state index contributed by atoms with van der Waals surface area (Å²) in [4.78, 5) is 13.3. The van der Waals surface area contributed by atoms with E-state index in [2.05, 4.69) is 25.3 Å². The van der Waals surface area contributed by atoms with E-state index in [1.165, 1.54) is 0 Å². The van der Waals surface area contributed by atoms with Crippen LogP contribution in [0.1, 0.15) is 30.7 Å². The van der Waals surface area contributed by atoms with E-state index in [9.17, 15) is 5.11 Å². The molecule has 1 aromatic carbocycles. The maximum Gasteiger partial charge on any atom is 0.222 e. The van der Waals surface area contributed by atoms with Crippen LogP contribution in [0.2, 0.25) is 0 Å². The zero-order valence-corrected chi connectivity index (χ0v) is 15.2. The summed E-state index contributed by atoms with van der Waals surface area (Å²) in [5.74, 6) is 0.167. The van der Waals surface area contributed by atoms with Gasteiger partial charge in [-0.25, -0.2) is 9.67 Å². The normalized spacial score (nSPS) is 15.5. The first kappa shape index (κ1) is 16.8. The second kappa shape index (κ2) is 6.35. The number of hydrogen-bond acceptors (Lipinski definition) is 7. The van der Waals surface area contributed by atoms with Gasteiger partial charge >= 0.3 is 0 Å². The first-order chi connectivity index (χ1) is 13.6. The largest absolute Gasteiger partial charge is 0.384 e. The lowest BCUT2D eigenvalue weighted by atomic mass is 9.77. The van der Waals surface area contributed by atoms with Crippen LogP contribution in [0.15, 0.2) is 48.5 Å². The number of benzene rings is 1. The Morgan fingerprint density at radius 2 is 1.82 bits per heavy atom. The Morgan fingerprint density at radius 3 is 2.57 bits per heavy atom. The molecule has 1 saturated carbocycles. The van der Waals surface area contributed by atoms with Crippen molar-refractivity contribution in [3.05, 3.63) is 59.9 Å². The van der Waals surface area contributed by atoms with E-state index in [-0.39, 0.29) is 5.95 Å². The second-order valence-corrected chi connectivity index (χ2v) is 7.12. The quantitative estimate of drug-likeness (QED) is 0.564. The van der Waals surface area contributed by atoms with E-state index in [0.717, 1.165) is 30.5 Å². The number of nitrogen functional groups attached to an aromatic ring is 1. The minimum Gasteiger partial charge on any atom is -0.384 e. The van der Waals surface area contributed by atoms with E-state index in [1.807, 2.05) is 48.5 Å². The van der Waals surface area contributed by atoms with Gasteiger partial charge in [0.25, 0.3) is 0 Å². The average Bonchev–Trinajstić information content (AvgIpc) is 3.09. The van der Waals surface area contributed by atoms with E-state index < -0.39 is 5.60 Å². The monoisotopic (exact) mass is 373 g/mol. The van der Waals surface area contributed by atoms with Crippen LogP contribution in [0.5, 0.6) is 0 Å². The molecule has 5 rings (SSSR count). The fraction of sp³-hybridized carbons (Fsp3) is 0.250. The zero-order chi connectivity index (χ0) is 19.1. The Bertz CT molecular complexity index is 1150. The van der Waals surface area contributed by atoms with E-state index in [1.54, 1.807) is 4.68 Å². The van der Waals surface area contributed by atoms with Crippen LogP contribution >= 0.6 is 0 Å². The molecular formula is C20H19N7O. The maximum atomic E-state index is 10.6. The minimum absolute atomic E-state index is 0.167. The number of rotatable bonds is 4. The summed E-state index contributed by atoms with van der Waals surface area (Å²) in [6, 6.07) is 15.4. The minimum atomic E-state index is -0.798. The van der Waals surface area contributed by atoms with Crippen molar-refractivity contribution >= 4 is 17.1 Å². The molecule has 3 N–H and O–H groups in total. The summed E-state index contributed by atoms with van der Waals surface area (Å²) < 4.78 is 1.66. The summed E-state index contributed by atoms with van der Waals surface area (Å²) in [6.45, 7) is 0.380. The van der Waals surface area contributed by atoms with E-state index in [0.29, 0.717) is 29.1 Å². The molecule has 3 aromatic heterocycles. The van der Waals surface area contributed by atoms with Gasteiger partial charge in [0.1, 0.15) is 11.3 Å². The molecule has 8 heteroatoms. The molecule has 1 fully saturated rings. The highest BCUT2D eigenvalue weighted by molar-refractivity contribution is 5.87. The summed E-state index contributed by atoms with van der Waals surface area (Å²) in [7, 11) is 0. The van der Waals surface area contributed by atoms with Crippen LogP contribution in [0.3, 0.4) is 0 Å². The van der Waals surface area contributed by atoms with Gasteiger partial charge in [-0.15, -0.1) is 5.10 Å². The van der Waals surface area contributed by atoms with Crippen molar-refractivity contribution in [2.75, 3.05) is 5.73 Å². The third kappa shape index (κ3) is 2.78. The number of nitrogens with zero attached hydrogens (tertiary/aromatic N) is 6. The Kier molecular flexibility index (Phi) is 3.80. The predicted octanol–water partition coefficient (Wildman–Crippen LogP) is 2.29. The molecular weight excluding hydrogens is 354 g/mol. The summed E-state index contributed by atoms with van der Waals surface area (Å²) in [5.41, 5.74) is 9.35. The van der Waals surface area contributed by atoms with Crippen LogP contribution in [0, 0.1) is 0 Å². The summed E-state index contributed by atoms with van der Waals surface area (Å²) in [6.07, 6.45) is 2.52. The first-order valence-corrected chi connectivity index (χ1v) is 9.23. The van der Waals surface area contributed by atoms with Gasteiger partial charge in [0.2, 0.25) is 5.95 Å². The molecule has 0 bridgehead atoms. The highest BCUT2D eigenvalue weighted by Gasteiger charge is 2.37. The van der Waals surface area contributed by atoms with Crippen molar-refractivity contribution < 1.29 is 5.11 Å². The fourth-order valence-corrected chi connectivity index (χ4v) is 3.52. The number of pyridine rings is 1. The molecule has 0 radical (unpaired) electrons. The van der Waals surface area contributed by atoms with Crippen LogP contribution in [-0.2, 0) is 12.1 Å². The second-order valence-electron chi connectivity index (χ2n) is 7.12. The number of aliphatic hydroxyl groups is 1. The van der Waals surface area contributed by atoms with Crippen molar-refractivity contribution in [2.45, 2.75) is 31.4 Å². The van der Waals surface area contributed by atoms with Gasteiger partial charge in [0.05, 0.1) is 17.9 Å². The molecule has 0 saturated heterocycles. The third-order valence-corrected chi connectivity index (χ3v) is 5.20. The van der Waals surface area contributed by atoms with Crippen LogP contribution < -0.4 is 5.73 Å². The van der Waals surface area contributed by atoms with Gasteiger partial charge < -0.3 is 10.8 Å². The molecule has 0 spiro atoms.